The molecule has 1 atom stereocenters. The fourth-order valence-corrected chi connectivity index (χ4v) is 3.63. The number of carbonyl (C=O) groups excluding carboxylic acids is 2. The van der Waals surface area contributed by atoms with Crippen LogP contribution in [0.3, 0.4) is 0 Å². The molecule has 0 spiro atoms. The molecule has 1 unspecified atom stereocenters. The predicted molar refractivity (Wildman–Crippen MR) is 107 cm³/mol. The number of pyridine rings is 1. The van der Waals surface area contributed by atoms with Crippen LogP contribution in [0.2, 0.25) is 0 Å². The predicted octanol–water partition coefficient (Wildman–Crippen LogP) is 3.87. The molecule has 7 nitrogen and oxygen atoms in total. The summed E-state index contributed by atoms with van der Waals surface area (Å²) in [6, 6.07) is 11.8. The second-order valence-corrected chi connectivity index (χ2v) is 7.30. The molecular weight excluding hydrogens is 366 g/mol. The molecule has 2 N–H and O–H groups in total. The highest BCUT2D eigenvalue weighted by molar-refractivity contribution is 5.96. The normalized spacial score (nSPS) is 19.2. The Morgan fingerprint density at radius 3 is 2.72 bits per heavy atom. The lowest BCUT2D eigenvalue weighted by Crippen LogP contribution is -2.55. The molecule has 4 amide bonds. The molecule has 1 aromatic carbocycles. The maximum absolute atomic E-state index is 12.9. The topological polar surface area (TPSA) is 98.1 Å². The van der Waals surface area contributed by atoms with Gasteiger partial charge in [-0.25, -0.2) is 14.5 Å². The van der Waals surface area contributed by atoms with Crippen LogP contribution < -0.4 is 10.6 Å². The molecule has 2 heterocycles. The van der Waals surface area contributed by atoms with Crippen LogP contribution in [-0.4, -0.2) is 28.0 Å². The Bertz CT molecular complexity index is 1020. The molecule has 2 aromatic rings. The van der Waals surface area contributed by atoms with Crippen LogP contribution in [-0.2, 0) is 0 Å². The lowest BCUT2D eigenvalue weighted by atomic mass is 9.92. The monoisotopic (exact) mass is 387 g/mol. The van der Waals surface area contributed by atoms with Gasteiger partial charge in [-0.3, -0.25) is 4.98 Å². The Kier molecular flexibility index (Phi) is 5.00. The molecule has 1 aromatic heterocycles. The van der Waals surface area contributed by atoms with E-state index in [2.05, 4.69) is 21.7 Å². The van der Waals surface area contributed by atoms with Gasteiger partial charge in [0.15, 0.2) is 0 Å². The van der Waals surface area contributed by atoms with Crippen molar-refractivity contribution in [3.8, 4) is 17.2 Å². The van der Waals surface area contributed by atoms with Crippen LogP contribution >= 0.6 is 0 Å². The number of allylic oxidation sites excluding steroid dienone is 1. The van der Waals surface area contributed by atoms with E-state index >= 15 is 0 Å². The molecule has 0 radical (unpaired) electrons. The van der Waals surface area contributed by atoms with Gasteiger partial charge in [0.05, 0.1) is 11.6 Å². The highest BCUT2D eigenvalue weighted by Gasteiger charge is 2.39. The number of nitrogens with one attached hydrogen (secondary N) is 2. The first-order valence-corrected chi connectivity index (χ1v) is 9.60. The number of hydrogen-bond acceptors (Lipinski definition) is 4. The van der Waals surface area contributed by atoms with Crippen LogP contribution in [0.1, 0.15) is 37.8 Å². The first-order chi connectivity index (χ1) is 14.1. The van der Waals surface area contributed by atoms with Crippen LogP contribution in [0.15, 0.2) is 60.1 Å². The van der Waals surface area contributed by atoms with E-state index in [9.17, 15) is 14.9 Å². The molecule has 4 rings (SSSR count). The number of nitriles is 1. The molecule has 29 heavy (non-hydrogen) atoms. The summed E-state index contributed by atoms with van der Waals surface area (Å²) < 4.78 is 0. The third kappa shape index (κ3) is 3.57. The zero-order chi connectivity index (χ0) is 20.4. The quantitative estimate of drug-likeness (QED) is 0.835. The summed E-state index contributed by atoms with van der Waals surface area (Å²) in [5, 5.41) is 15.3. The van der Waals surface area contributed by atoms with Gasteiger partial charge in [0.1, 0.15) is 6.04 Å². The minimum absolute atomic E-state index is 0.0789. The molecular formula is C22H21N5O2. The van der Waals surface area contributed by atoms with Crippen molar-refractivity contribution in [3.05, 3.63) is 65.6 Å². The largest absolute Gasteiger partial charge is 0.335 e. The standard InChI is InChI=1S/C22H21N5O2/c1-14-19(12-23)20(27(21(28)25-14)22(29)26-18-8-3-9-18)16-6-2-5-15(11-16)17-7-4-10-24-13-17/h2,4-7,10-11,13,18,20H,3,8-9H2,1H3,(H,25,28)(H,26,29). The summed E-state index contributed by atoms with van der Waals surface area (Å²) in [4.78, 5) is 30.9. The zero-order valence-electron chi connectivity index (χ0n) is 16.1. The van der Waals surface area contributed by atoms with Crippen LogP contribution in [0, 0.1) is 11.3 Å². The molecule has 7 heteroatoms. The number of rotatable bonds is 3. The third-order valence-corrected chi connectivity index (χ3v) is 5.42. The van der Waals surface area contributed by atoms with E-state index in [0.717, 1.165) is 35.3 Å². The number of nitrogens with zero attached hydrogens (tertiary/aromatic N) is 3. The lowest BCUT2D eigenvalue weighted by Gasteiger charge is -2.37. The number of urea groups is 2. The number of carbonyl (C=O) groups is 2. The number of hydrogen-bond donors (Lipinski definition) is 2. The number of imide groups is 1. The van der Waals surface area contributed by atoms with Crippen molar-refractivity contribution >= 4 is 12.1 Å². The van der Waals surface area contributed by atoms with E-state index in [1.54, 1.807) is 19.3 Å². The van der Waals surface area contributed by atoms with Gasteiger partial charge in [-0.1, -0.05) is 24.3 Å². The van der Waals surface area contributed by atoms with Crippen LogP contribution in [0.4, 0.5) is 9.59 Å². The number of benzene rings is 1. The van der Waals surface area contributed by atoms with Gasteiger partial charge in [0, 0.05) is 24.1 Å². The minimum atomic E-state index is -0.787. The summed E-state index contributed by atoms with van der Waals surface area (Å²) in [6.45, 7) is 1.68. The Morgan fingerprint density at radius 2 is 2.07 bits per heavy atom. The number of amides is 4. The van der Waals surface area contributed by atoms with E-state index in [4.69, 9.17) is 0 Å². The van der Waals surface area contributed by atoms with Gasteiger partial charge in [0.25, 0.3) is 0 Å². The summed E-state index contributed by atoms with van der Waals surface area (Å²) in [5.41, 5.74) is 3.31. The highest BCUT2D eigenvalue weighted by Crippen LogP contribution is 2.35. The number of aromatic nitrogens is 1. The summed E-state index contributed by atoms with van der Waals surface area (Å²) in [5.74, 6) is 0. The molecule has 1 aliphatic heterocycles. The van der Waals surface area contributed by atoms with Crippen molar-refractivity contribution in [1.29, 1.82) is 5.26 Å². The van der Waals surface area contributed by atoms with E-state index in [0.29, 0.717) is 16.8 Å². The van der Waals surface area contributed by atoms with Crippen molar-refractivity contribution in [1.82, 2.24) is 20.5 Å². The van der Waals surface area contributed by atoms with Gasteiger partial charge in [-0.05, 0) is 55.0 Å². The Labute approximate surface area is 169 Å². The SMILES string of the molecule is CC1=C(C#N)C(c2cccc(-c3cccnc3)c2)N(C(=O)NC2CCC2)C(=O)N1. The fourth-order valence-electron chi connectivity index (χ4n) is 3.63. The van der Waals surface area contributed by atoms with Crippen LogP contribution in [0.5, 0.6) is 0 Å². The lowest BCUT2D eigenvalue weighted by molar-refractivity contribution is 0.166. The second-order valence-electron chi connectivity index (χ2n) is 7.30. The van der Waals surface area contributed by atoms with Gasteiger partial charge in [0.2, 0.25) is 0 Å². The molecule has 1 aliphatic carbocycles. The van der Waals surface area contributed by atoms with Crippen LogP contribution in [0.25, 0.3) is 11.1 Å². The van der Waals surface area contributed by atoms with Crippen molar-refractivity contribution in [2.24, 2.45) is 0 Å². The first kappa shape index (κ1) is 18.7. The van der Waals surface area contributed by atoms with E-state index in [-0.39, 0.29) is 6.04 Å². The average molecular weight is 387 g/mol. The van der Waals surface area contributed by atoms with Crippen molar-refractivity contribution < 1.29 is 9.59 Å². The molecule has 2 aliphatic rings. The van der Waals surface area contributed by atoms with E-state index < -0.39 is 18.1 Å². The maximum Gasteiger partial charge on any atom is 0.330 e. The summed E-state index contributed by atoms with van der Waals surface area (Å²) in [6.07, 6.45) is 6.33. The Morgan fingerprint density at radius 1 is 1.28 bits per heavy atom. The summed E-state index contributed by atoms with van der Waals surface area (Å²) >= 11 is 0. The van der Waals surface area contributed by atoms with Crippen molar-refractivity contribution in [2.75, 3.05) is 0 Å². The molecule has 0 bridgehead atoms. The van der Waals surface area contributed by atoms with E-state index in [1.807, 2.05) is 36.4 Å². The maximum atomic E-state index is 12.9. The molecule has 146 valence electrons. The molecule has 1 fully saturated rings. The van der Waals surface area contributed by atoms with Gasteiger partial charge >= 0.3 is 12.1 Å². The van der Waals surface area contributed by atoms with Gasteiger partial charge < -0.3 is 10.6 Å². The van der Waals surface area contributed by atoms with Crippen molar-refractivity contribution in [3.63, 3.8) is 0 Å². The fraction of sp³-hybridized carbons (Fsp3) is 0.273. The molecule has 1 saturated carbocycles. The van der Waals surface area contributed by atoms with Crippen molar-refractivity contribution in [2.45, 2.75) is 38.3 Å². The van der Waals surface area contributed by atoms with Gasteiger partial charge in [-0.2, -0.15) is 5.26 Å². The Balaban J connectivity index is 1.76. The van der Waals surface area contributed by atoms with E-state index in [1.165, 1.54) is 0 Å². The zero-order valence-corrected chi connectivity index (χ0v) is 16.1. The second kappa shape index (κ2) is 7.76. The smallest absolute Gasteiger partial charge is 0.330 e. The average Bonchev–Trinajstić information content (AvgIpc) is 2.71. The summed E-state index contributed by atoms with van der Waals surface area (Å²) in [7, 11) is 0. The highest BCUT2D eigenvalue weighted by atomic mass is 16.2. The third-order valence-electron chi connectivity index (χ3n) is 5.42. The minimum Gasteiger partial charge on any atom is -0.335 e. The first-order valence-electron chi connectivity index (χ1n) is 9.60. The Hall–Kier alpha value is -3.66. The molecule has 0 saturated heterocycles. The van der Waals surface area contributed by atoms with Gasteiger partial charge in [-0.15, -0.1) is 0 Å².